The molecule has 0 aliphatic heterocycles. The van der Waals surface area contributed by atoms with Crippen molar-refractivity contribution in [3.05, 3.63) is 41.9 Å². The minimum absolute atomic E-state index is 0.0203. The van der Waals surface area contributed by atoms with Crippen LogP contribution < -0.4 is 10.1 Å². The normalized spacial score (nSPS) is 20.8. The van der Waals surface area contributed by atoms with E-state index in [4.69, 9.17) is 9.72 Å². The van der Waals surface area contributed by atoms with Crippen LogP contribution in [0, 0.1) is 5.92 Å². The molecule has 5 rings (SSSR count). The molecule has 2 atom stereocenters. The molecule has 3 aromatic heterocycles. The summed E-state index contributed by atoms with van der Waals surface area (Å²) in [4.78, 5) is 22.1. The molecular formula is C23H27N5O3. The first-order chi connectivity index (χ1) is 15.1. The van der Waals surface area contributed by atoms with Crippen molar-refractivity contribution in [3.63, 3.8) is 0 Å². The van der Waals surface area contributed by atoms with Crippen LogP contribution >= 0.6 is 0 Å². The van der Waals surface area contributed by atoms with Gasteiger partial charge in [-0.25, -0.2) is 14.5 Å². The smallest absolute Gasteiger partial charge is 0.238 e. The van der Waals surface area contributed by atoms with Gasteiger partial charge >= 0.3 is 0 Å². The Labute approximate surface area is 180 Å². The maximum atomic E-state index is 13.0. The first-order valence-electron chi connectivity index (χ1n) is 11.1. The highest BCUT2D eigenvalue weighted by molar-refractivity contribution is 6.01. The highest BCUT2D eigenvalue weighted by atomic mass is 16.5. The van der Waals surface area contributed by atoms with Crippen LogP contribution in [0.3, 0.4) is 0 Å². The number of pyridine rings is 1. The highest BCUT2D eigenvalue weighted by Crippen LogP contribution is 2.32. The Morgan fingerprint density at radius 2 is 2.19 bits per heavy atom. The molecule has 2 aliphatic rings. The number of ketones is 1. The SMILES string of the molecule is CCc1cc(Nc2cccnc2OC2CC2)nc2c(C(=O)C[C@@H]3CCC[C@H]3O)cnn12. The van der Waals surface area contributed by atoms with Crippen molar-refractivity contribution < 1.29 is 14.6 Å². The molecule has 0 aromatic carbocycles. The van der Waals surface area contributed by atoms with Crippen molar-refractivity contribution in [3.8, 4) is 5.88 Å². The summed E-state index contributed by atoms with van der Waals surface area (Å²) in [6, 6.07) is 5.69. The van der Waals surface area contributed by atoms with Crippen molar-refractivity contribution in [2.75, 3.05) is 5.32 Å². The number of carbonyl (C=O) groups is 1. The lowest BCUT2D eigenvalue weighted by atomic mass is 9.96. The lowest BCUT2D eigenvalue weighted by Crippen LogP contribution is -2.17. The zero-order chi connectivity index (χ0) is 21.4. The third-order valence-electron chi connectivity index (χ3n) is 6.11. The number of ether oxygens (including phenoxy) is 1. The van der Waals surface area contributed by atoms with E-state index in [0.717, 1.165) is 49.9 Å². The van der Waals surface area contributed by atoms with E-state index in [1.807, 2.05) is 25.1 Å². The lowest BCUT2D eigenvalue weighted by Gasteiger charge is -2.14. The highest BCUT2D eigenvalue weighted by Gasteiger charge is 2.29. The van der Waals surface area contributed by atoms with Crippen molar-refractivity contribution in [1.29, 1.82) is 0 Å². The van der Waals surface area contributed by atoms with Crippen LogP contribution in [0.15, 0.2) is 30.6 Å². The van der Waals surface area contributed by atoms with Crippen LogP contribution in [-0.4, -0.2) is 42.7 Å². The summed E-state index contributed by atoms with van der Waals surface area (Å²) in [5.74, 6) is 1.18. The Morgan fingerprint density at radius 3 is 2.94 bits per heavy atom. The molecular weight excluding hydrogens is 394 g/mol. The van der Waals surface area contributed by atoms with Crippen molar-refractivity contribution in [1.82, 2.24) is 19.6 Å². The van der Waals surface area contributed by atoms with Gasteiger partial charge in [0.1, 0.15) is 17.6 Å². The van der Waals surface area contributed by atoms with Crippen molar-refractivity contribution in [2.45, 2.75) is 64.1 Å². The predicted octanol–water partition coefficient (Wildman–Crippen LogP) is 3.71. The fourth-order valence-corrected chi connectivity index (χ4v) is 4.20. The van der Waals surface area contributed by atoms with Gasteiger partial charge in [0, 0.05) is 24.4 Å². The summed E-state index contributed by atoms with van der Waals surface area (Å²) in [5.41, 5.74) is 2.72. The molecule has 0 unspecified atom stereocenters. The molecule has 0 bridgehead atoms. The van der Waals surface area contributed by atoms with Gasteiger partial charge in [0.25, 0.3) is 0 Å². The molecule has 2 saturated carbocycles. The molecule has 8 nitrogen and oxygen atoms in total. The Bertz CT molecular complexity index is 1110. The van der Waals surface area contributed by atoms with Crippen LogP contribution in [0.4, 0.5) is 11.5 Å². The molecule has 2 fully saturated rings. The first-order valence-corrected chi connectivity index (χ1v) is 11.1. The number of anilines is 2. The third kappa shape index (κ3) is 4.12. The minimum Gasteiger partial charge on any atom is -0.473 e. The lowest BCUT2D eigenvalue weighted by molar-refractivity contribution is 0.0869. The molecule has 31 heavy (non-hydrogen) atoms. The second kappa shape index (κ2) is 8.26. The number of fused-ring (bicyclic) bond motifs is 1. The standard InChI is InChI=1S/C23H27N5O3/c1-2-15-12-21(26-18-6-4-10-24-23(18)31-16-8-9-16)27-22-17(13-25-28(15)22)20(30)11-14-5-3-7-19(14)29/h4,6,10,12-14,16,19,29H,2-3,5,7-9,11H2,1H3,(H,26,27)/t14-,19+/m0/s1. The van der Waals surface area contributed by atoms with Crippen molar-refractivity contribution >= 4 is 22.9 Å². The van der Waals surface area contributed by atoms with Gasteiger partial charge in [-0.2, -0.15) is 5.10 Å². The van der Waals surface area contributed by atoms with E-state index in [2.05, 4.69) is 15.4 Å². The van der Waals surface area contributed by atoms with Gasteiger partial charge in [-0.05, 0) is 50.2 Å². The first kappa shape index (κ1) is 19.9. The molecule has 3 heterocycles. The zero-order valence-electron chi connectivity index (χ0n) is 17.6. The number of hydrogen-bond acceptors (Lipinski definition) is 7. The van der Waals surface area contributed by atoms with Gasteiger partial charge in [-0.1, -0.05) is 13.3 Å². The van der Waals surface area contributed by atoms with E-state index in [1.54, 1.807) is 16.9 Å². The van der Waals surface area contributed by atoms with Gasteiger partial charge in [0.05, 0.1) is 17.9 Å². The van der Waals surface area contributed by atoms with Gasteiger partial charge in [0.2, 0.25) is 5.88 Å². The van der Waals surface area contributed by atoms with Gasteiger partial charge in [-0.15, -0.1) is 0 Å². The number of aromatic nitrogens is 4. The summed E-state index contributed by atoms with van der Waals surface area (Å²) >= 11 is 0. The van der Waals surface area contributed by atoms with Gasteiger partial charge in [-0.3, -0.25) is 4.79 Å². The average Bonchev–Trinajstić information content (AvgIpc) is 3.34. The number of aliphatic hydroxyl groups is 1. The number of Topliss-reactive ketones (excluding diaryl/α,β-unsaturated/α-hetero) is 1. The number of carbonyl (C=O) groups excluding carboxylic acids is 1. The molecule has 162 valence electrons. The van der Waals surface area contributed by atoms with E-state index in [9.17, 15) is 9.90 Å². The predicted molar refractivity (Wildman–Crippen MR) is 116 cm³/mol. The summed E-state index contributed by atoms with van der Waals surface area (Å²) in [6.45, 7) is 2.04. The number of hydrogen-bond donors (Lipinski definition) is 2. The summed E-state index contributed by atoms with van der Waals surface area (Å²) in [7, 11) is 0. The third-order valence-corrected chi connectivity index (χ3v) is 6.11. The fraction of sp³-hybridized carbons (Fsp3) is 0.478. The minimum atomic E-state index is -0.391. The molecule has 0 saturated heterocycles. The topological polar surface area (TPSA) is 102 Å². The number of nitrogens with one attached hydrogen (secondary N) is 1. The van der Waals surface area contributed by atoms with Crippen LogP contribution in [-0.2, 0) is 6.42 Å². The maximum Gasteiger partial charge on any atom is 0.238 e. The quantitative estimate of drug-likeness (QED) is 0.535. The second-order valence-electron chi connectivity index (χ2n) is 8.46. The van der Waals surface area contributed by atoms with E-state index in [0.29, 0.717) is 29.3 Å². The Hall–Kier alpha value is -3.00. The van der Waals surface area contributed by atoms with E-state index in [1.165, 1.54) is 0 Å². The maximum absolute atomic E-state index is 13.0. The molecule has 2 aliphatic carbocycles. The molecule has 3 aromatic rings. The summed E-state index contributed by atoms with van der Waals surface area (Å²) in [5, 5.41) is 17.9. The second-order valence-corrected chi connectivity index (χ2v) is 8.46. The molecule has 0 radical (unpaired) electrons. The Balaban J connectivity index is 1.46. The largest absolute Gasteiger partial charge is 0.473 e. The Morgan fingerprint density at radius 1 is 1.32 bits per heavy atom. The monoisotopic (exact) mass is 421 g/mol. The molecule has 0 amide bonds. The van der Waals surface area contributed by atoms with Gasteiger partial charge < -0.3 is 15.2 Å². The summed E-state index contributed by atoms with van der Waals surface area (Å²) in [6.07, 6.45) is 8.95. The molecule has 0 spiro atoms. The van der Waals surface area contributed by atoms with E-state index < -0.39 is 6.10 Å². The Kier molecular flexibility index (Phi) is 5.31. The molecule has 2 N–H and O–H groups in total. The number of aryl methyl sites for hydroxylation is 1. The number of nitrogens with zero attached hydrogens (tertiary/aromatic N) is 4. The van der Waals surface area contributed by atoms with Crippen LogP contribution in [0.2, 0.25) is 0 Å². The van der Waals surface area contributed by atoms with Gasteiger partial charge in [0.15, 0.2) is 11.4 Å². The number of aliphatic hydroxyl groups excluding tert-OH is 1. The van der Waals surface area contributed by atoms with Crippen LogP contribution in [0.1, 0.15) is 61.5 Å². The van der Waals surface area contributed by atoms with Crippen LogP contribution in [0.5, 0.6) is 5.88 Å². The van der Waals surface area contributed by atoms with E-state index in [-0.39, 0.29) is 17.8 Å². The summed E-state index contributed by atoms with van der Waals surface area (Å²) < 4.78 is 7.64. The zero-order valence-corrected chi connectivity index (χ0v) is 17.6. The van der Waals surface area contributed by atoms with Crippen molar-refractivity contribution in [2.24, 2.45) is 5.92 Å². The van der Waals surface area contributed by atoms with Crippen LogP contribution in [0.25, 0.3) is 5.65 Å². The molecule has 8 heteroatoms. The number of rotatable bonds is 8. The fourth-order valence-electron chi connectivity index (χ4n) is 4.20. The van der Waals surface area contributed by atoms with E-state index >= 15 is 0 Å². The average molecular weight is 422 g/mol.